The minimum Gasteiger partial charge on any atom is -0.393 e. The van der Waals surface area contributed by atoms with Gasteiger partial charge in [-0.1, -0.05) is 0 Å². The van der Waals surface area contributed by atoms with Gasteiger partial charge < -0.3 is 20.5 Å². The van der Waals surface area contributed by atoms with Crippen LogP contribution in [0.1, 0.15) is 12.5 Å². The summed E-state index contributed by atoms with van der Waals surface area (Å²) in [7, 11) is 0. The number of aromatic amines is 1. The van der Waals surface area contributed by atoms with Gasteiger partial charge in [-0.15, -0.1) is 0 Å². The van der Waals surface area contributed by atoms with Crippen LogP contribution in [0.25, 0.3) is 0 Å². The molecule has 0 aliphatic heterocycles. The fraction of sp³-hybridized carbons (Fsp3) is 0.556. The van der Waals surface area contributed by atoms with Crippen molar-refractivity contribution in [3.63, 3.8) is 0 Å². The van der Waals surface area contributed by atoms with E-state index in [1.165, 1.54) is 0 Å². The Morgan fingerprint density at radius 2 is 2.38 bits per heavy atom. The second-order valence-corrected chi connectivity index (χ2v) is 3.48. The fourth-order valence-corrected chi connectivity index (χ4v) is 1.00. The Morgan fingerprint density at radius 3 is 2.92 bits per heavy atom. The van der Waals surface area contributed by atoms with Gasteiger partial charge in [-0.3, -0.25) is 0 Å². The third-order valence-electron chi connectivity index (χ3n) is 1.84. The number of aliphatic hydroxyl groups is 2. The molecule has 0 saturated heterocycles. The van der Waals surface area contributed by atoms with Crippen LogP contribution in [0, 0.1) is 0 Å². The van der Waals surface area contributed by atoms with E-state index < -0.39 is 5.60 Å². The molecule has 0 radical (unpaired) electrons. The van der Waals surface area contributed by atoms with E-state index in [-0.39, 0.29) is 6.61 Å². The second-order valence-electron chi connectivity index (χ2n) is 3.48. The molecule has 1 aromatic heterocycles. The molecule has 1 unspecified atom stereocenters. The van der Waals surface area contributed by atoms with Crippen molar-refractivity contribution in [1.82, 2.24) is 10.3 Å². The van der Waals surface area contributed by atoms with E-state index in [2.05, 4.69) is 10.3 Å². The minimum absolute atomic E-state index is 0.229. The second kappa shape index (κ2) is 4.41. The summed E-state index contributed by atoms with van der Waals surface area (Å²) < 4.78 is 0. The molecule has 1 atom stereocenters. The summed E-state index contributed by atoms with van der Waals surface area (Å²) in [5.74, 6) is 0. The van der Waals surface area contributed by atoms with Crippen LogP contribution in [0.15, 0.2) is 18.5 Å². The van der Waals surface area contributed by atoms with E-state index >= 15 is 0 Å². The van der Waals surface area contributed by atoms with Gasteiger partial charge in [0.1, 0.15) is 0 Å². The molecule has 0 aliphatic rings. The number of aromatic nitrogens is 1. The lowest BCUT2D eigenvalue weighted by atomic mass is 10.1. The number of rotatable bonds is 5. The number of hydrogen-bond acceptors (Lipinski definition) is 3. The van der Waals surface area contributed by atoms with Gasteiger partial charge in [0, 0.05) is 25.5 Å². The molecule has 0 aromatic carbocycles. The predicted molar refractivity (Wildman–Crippen MR) is 50.2 cm³/mol. The summed E-state index contributed by atoms with van der Waals surface area (Å²) in [6.07, 6.45) is 3.74. The van der Waals surface area contributed by atoms with Crippen LogP contribution in [0.3, 0.4) is 0 Å². The minimum atomic E-state index is -1.03. The third-order valence-corrected chi connectivity index (χ3v) is 1.84. The van der Waals surface area contributed by atoms with Crippen LogP contribution in [0.2, 0.25) is 0 Å². The van der Waals surface area contributed by atoms with Crippen LogP contribution in [-0.2, 0) is 6.54 Å². The van der Waals surface area contributed by atoms with Gasteiger partial charge in [0.25, 0.3) is 0 Å². The van der Waals surface area contributed by atoms with E-state index in [9.17, 15) is 5.11 Å². The van der Waals surface area contributed by atoms with Crippen LogP contribution < -0.4 is 5.32 Å². The SMILES string of the molecule is CC(O)(CO)CNCc1cc[nH]c1. The maximum absolute atomic E-state index is 9.43. The Kier molecular flexibility index (Phi) is 3.48. The van der Waals surface area contributed by atoms with Crippen LogP contribution >= 0.6 is 0 Å². The molecule has 13 heavy (non-hydrogen) atoms. The van der Waals surface area contributed by atoms with Gasteiger partial charge in [0.15, 0.2) is 0 Å². The first-order valence-electron chi connectivity index (χ1n) is 4.30. The van der Waals surface area contributed by atoms with Gasteiger partial charge in [-0.25, -0.2) is 0 Å². The Balaban J connectivity index is 2.21. The summed E-state index contributed by atoms with van der Waals surface area (Å²) in [4.78, 5) is 2.94. The van der Waals surface area contributed by atoms with Crippen molar-refractivity contribution in [2.45, 2.75) is 19.1 Å². The lowest BCUT2D eigenvalue weighted by Crippen LogP contribution is -2.40. The molecule has 1 aromatic rings. The first-order chi connectivity index (χ1) is 6.14. The molecule has 4 heteroatoms. The first kappa shape index (κ1) is 10.2. The standard InChI is InChI=1S/C9H16N2O2/c1-9(13,7-12)6-11-5-8-2-3-10-4-8/h2-4,10-13H,5-7H2,1H3. The van der Waals surface area contributed by atoms with Crippen LogP contribution in [0.4, 0.5) is 0 Å². The zero-order valence-electron chi connectivity index (χ0n) is 7.75. The van der Waals surface area contributed by atoms with Gasteiger partial charge in [0.2, 0.25) is 0 Å². The zero-order chi connectivity index (χ0) is 9.73. The number of aliphatic hydroxyl groups excluding tert-OH is 1. The third kappa shape index (κ3) is 3.59. The molecule has 0 bridgehead atoms. The zero-order valence-corrected chi connectivity index (χ0v) is 7.75. The molecule has 0 fully saturated rings. The molecule has 0 spiro atoms. The van der Waals surface area contributed by atoms with E-state index in [0.717, 1.165) is 5.56 Å². The van der Waals surface area contributed by atoms with Gasteiger partial charge in [0.05, 0.1) is 12.2 Å². The Hall–Kier alpha value is -0.840. The number of H-pyrrole nitrogens is 1. The highest BCUT2D eigenvalue weighted by atomic mass is 16.3. The molecule has 0 aliphatic carbocycles. The molecule has 4 N–H and O–H groups in total. The lowest BCUT2D eigenvalue weighted by molar-refractivity contribution is 0.00254. The molecular formula is C9H16N2O2. The lowest BCUT2D eigenvalue weighted by Gasteiger charge is -2.20. The summed E-state index contributed by atoms with van der Waals surface area (Å²) in [5.41, 5.74) is 0.102. The Bertz CT molecular complexity index is 232. The fourth-order valence-electron chi connectivity index (χ4n) is 1.00. The van der Waals surface area contributed by atoms with Crippen molar-refractivity contribution in [2.75, 3.05) is 13.2 Å². The number of hydrogen-bond donors (Lipinski definition) is 4. The average molecular weight is 184 g/mol. The monoisotopic (exact) mass is 184 g/mol. The van der Waals surface area contributed by atoms with Crippen molar-refractivity contribution < 1.29 is 10.2 Å². The Morgan fingerprint density at radius 1 is 1.62 bits per heavy atom. The first-order valence-corrected chi connectivity index (χ1v) is 4.30. The van der Waals surface area contributed by atoms with E-state index in [1.807, 2.05) is 18.5 Å². The van der Waals surface area contributed by atoms with Gasteiger partial charge >= 0.3 is 0 Å². The highest BCUT2D eigenvalue weighted by molar-refractivity contribution is 5.07. The smallest absolute Gasteiger partial charge is 0.0972 e. The largest absolute Gasteiger partial charge is 0.393 e. The predicted octanol–water partition coefficient (Wildman–Crippen LogP) is -0.152. The molecule has 0 saturated carbocycles. The summed E-state index contributed by atoms with van der Waals surface area (Å²) in [6, 6.07) is 1.96. The summed E-state index contributed by atoms with van der Waals surface area (Å²) in [5, 5.41) is 21.2. The normalized spacial score (nSPS) is 15.6. The van der Waals surface area contributed by atoms with Crippen LogP contribution in [-0.4, -0.2) is 33.9 Å². The molecule has 1 rings (SSSR count). The summed E-state index contributed by atoms with van der Waals surface area (Å²) >= 11 is 0. The maximum atomic E-state index is 9.43. The van der Waals surface area contributed by atoms with Crippen molar-refractivity contribution in [3.8, 4) is 0 Å². The molecule has 0 amide bonds. The topological polar surface area (TPSA) is 68.3 Å². The Labute approximate surface area is 77.6 Å². The maximum Gasteiger partial charge on any atom is 0.0972 e. The molecule has 4 nitrogen and oxygen atoms in total. The average Bonchev–Trinajstić information content (AvgIpc) is 2.57. The quantitative estimate of drug-likeness (QED) is 0.514. The van der Waals surface area contributed by atoms with Crippen molar-refractivity contribution >= 4 is 0 Å². The molecular weight excluding hydrogens is 168 g/mol. The summed E-state index contributed by atoms with van der Waals surface area (Å²) in [6.45, 7) is 2.44. The van der Waals surface area contributed by atoms with Crippen LogP contribution in [0.5, 0.6) is 0 Å². The molecule has 74 valence electrons. The van der Waals surface area contributed by atoms with Gasteiger partial charge in [-0.2, -0.15) is 0 Å². The molecule has 1 heterocycles. The highest BCUT2D eigenvalue weighted by Crippen LogP contribution is 2.00. The van der Waals surface area contributed by atoms with Crippen molar-refractivity contribution in [1.29, 1.82) is 0 Å². The van der Waals surface area contributed by atoms with Crippen molar-refractivity contribution in [2.24, 2.45) is 0 Å². The number of nitrogens with one attached hydrogen (secondary N) is 2. The van der Waals surface area contributed by atoms with Gasteiger partial charge in [-0.05, 0) is 18.6 Å². The van der Waals surface area contributed by atoms with E-state index in [1.54, 1.807) is 6.92 Å². The van der Waals surface area contributed by atoms with E-state index in [4.69, 9.17) is 5.11 Å². The van der Waals surface area contributed by atoms with Crippen molar-refractivity contribution in [3.05, 3.63) is 24.0 Å². The highest BCUT2D eigenvalue weighted by Gasteiger charge is 2.17. The van der Waals surface area contributed by atoms with E-state index in [0.29, 0.717) is 13.1 Å².